The lowest BCUT2D eigenvalue weighted by Crippen LogP contribution is -2.29. The molecule has 4 heteroatoms. The highest BCUT2D eigenvalue weighted by molar-refractivity contribution is 5.76. The fraction of sp³-hybridized carbons (Fsp3) is 0.533. The molecular formula is C15H21NO3. The summed E-state index contributed by atoms with van der Waals surface area (Å²) in [4.78, 5) is 13.9. The van der Waals surface area contributed by atoms with Crippen LogP contribution in [0.4, 0.5) is 0 Å². The van der Waals surface area contributed by atoms with Crippen molar-refractivity contribution in [1.29, 1.82) is 0 Å². The molecule has 1 aliphatic rings. The highest BCUT2D eigenvalue weighted by atomic mass is 16.7. The number of hydrogen-bond donors (Lipinski definition) is 0. The summed E-state index contributed by atoms with van der Waals surface area (Å²) in [6.07, 6.45) is 2.64. The van der Waals surface area contributed by atoms with E-state index in [-0.39, 0.29) is 12.7 Å². The Balaban J connectivity index is 2.00. The van der Waals surface area contributed by atoms with Crippen LogP contribution >= 0.6 is 0 Å². The molecule has 1 aromatic rings. The van der Waals surface area contributed by atoms with Crippen molar-refractivity contribution in [1.82, 2.24) is 4.90 Å². The normalized spacial score (nSPS) is 12.5. The molecule has 0 spiro atoms. The molecule has 1 amide bonds. The third kappa shape index (κ3) is 3.40. The average molecular weight is 263 g/mol. The molecular weight excluding hydrogens is 242 g/mol. The maximum atomic E-state index is 12.0. The van der Waals surface area contributed by atoms with Crippen LogP contribution in [-0.2, 0) is 11.3 Å². The molecule has 0 unspecified atom stereocenters. The van der Waals surface area contributed by atoms with E-state index in [4.69, 9.17) is 9.47 Å². The van der Waals surface area contributed by atoms with E-state index in [0.29, 0.717) is 13.0 Å². The summed E-state index contributed by atoms with van der Waals surface area (Å²) in [6, 6.07) is 5.85. The number of fused-ring (bicyclic) bond motifs is 1. The van der Waals surface area contributed by atoms with Crippen molar-refractivity contribution in [2.45, 2.75) is 39.7 Å². The van der Waals surface area contributed by atoms with Crippen LogP contribution in [0.1, 0.15) is 38.7 Å². The van der Waals surface area contributed by atoms with Gasteiger partial charge in [-0.15, -0.1) is 0 Å². The predicted molar refractivity (Wildman–Crippen MR) is 73.2 cm³/mol. The van der Waals surface area contributed by atoms with Crippen molar-refractivity contribution in [3.63, 3.8) is 0 Å². The van der Waals surface area contributed by atoms with Crippen LogP contribution in [0.2, 0.25) is 0 Å². The lowest BCUT2D eigenvalue weighted by Gasteiger charge is -2.21. The Kier molecular flexibility index (Phi) is 4.66. The molecule has 19 heavy (non-hydrogen) atoms. The van der Waals surface area contributed by atoms with Gasteiger partial charge >= 0.3 is 0 Å². The zero-order valence-corrected chi connectivity index (χ0v) is 11.6. The Morgan fingerprint density at radius 1 is 1.26 bits per heavy atom. The average Bonchev–Trinajstić information content (AvgIpc) is 2.89. The number of hydrogen-bond acceptors (Lipinski definition) is 3. The summed E-state index contributed by atoms with van der Waals surface area (Å²) in [5.41, 5.74) is 1.08. The van der Waals surface area contributed by atoms with E-state index in [0.717, 1.165) is 36.4 Å². The van der Waals surface area contributed by atoms with Crippen molar-refractivity contribution >= 4 is 5.91 Å². The highest BCUT2D eigenvalue weighted by Gasteiger charge is 2.16. The number of amides is 1. The second kappa shape index (κ2) is 6.45. The van der Waals surface area contributed by atoms with Crippen molar-refractivity contribution < 1.29 is 14.3 Å². The lowest BCUT2D eigenvalue weighted by atomic mass is 10.1. The monoisotopic (exact) mass is 263 g/mol. The van der Waals surface area contributed by atoms with Gasteiger partial charge in [-0.05, 0) is 31.0 Å². The van der Waals surface area contributed by atoms with Crippen LogP contribution < -0.4 is 9.47 Å². The number of carbonyl (C=O) groups excluding carboxylic acids is 1. The first-order chi connectivity index (χ1) is 9.24. The molecule has 1 heterocycles. The van der Waals surface area contributed by atoms with Crippen LogP contribution in [0.15, 0.2) is 18.2 Å². The number of benzene rings is 1. The Bertz CT molecular complexity index is 445. The van der Waals surface area contributed by atoms with Gasteiger partial charge in [-0.3, -0.25) is 4.79 Å². The number of rotatable bonds is 6. The van der Waals surface area contributed by atoms with Gasteiger partial charge in [-0.25, -0.2) is 0 Å². The zero-order chi connectivity index (χ0) is 13.7. The molecule has 4 nitrogen and oxygen atoms in total. The van der Waals surface area contributed by atoms with Gasteiger partial charge < -0.3 is 14.4 Å². The molecule has 0 saturated carbocycles. The van der Waals surface area contributed by atoms with Crippen molar-refractivity contribution in [2.75, 3.05) is 13.3 Å². The minimum absolute atomic E-state index is 0.224. The van der Waals surface area contributed by atoms with Crippen LogP contribution in [0, 0.1) is 0 Å². The van der Waals surface area contributed by atoms with Crippen molar-refractivity contribution in [2.24, 2.45) is 0 Å². The fourth-order valence-electron chi connectivity index (χ4n) is 2.12. The smallest absolute Gasteiger partial charge is 0.231 e. The molecule has 0 atom stereocenters. The van der Waals surface area contributed by atoms with E-state index in [9.17, 15) is 4.79 Å². The van der Waals surface area contributed by atoms with Gasteiger partial charge in [-0.1, -0.05) is 19.4 Å². The zero-order valence-electron chi connectivity index (χ0n) is 11.6. The van der Waals surface area contributed by atoms with E-state index < -0.39 is 0 Å². The number of nitrogens with zero attached hydrogens (tertiary/aromatic N) is 1. The molecule has 0 aliphatic carbocycles. The number of carbonyl (C=O) groups is 1. The summed E-state index contributed by atoms with van der Waals surface area (Å²) in [5.74, 6) is 1.78. The van der Waals surface area contributed by atoms with Gasteiger partial charge in [-0.2, -0.15) is 0 Å². The first kappa shape index (κ1) is 13.7. The van der Waals surface area contributed by atoms with Crippen LogP contribution in [0.3, 0.4) is 0 Å². The van der Waals surface area contributed by atoms with Gasteiger partial charge in [0.25, 0.3) is 0 Å². The molecule has 0 radical (unpaired) electrons. The van der Waals surface area contributed by atoms with Crippen molar-refractivity contribution in [3.05, 3.63) is 23.8 Å². The molecule has 0 bridgehead atoms. The number of ether oxygens (including phenoxy) is 2. The molecule has 1 aliphatic heterocycles. The largest absolute Gasteiger partial charge is 0.454 e. The maximum Gasteiger partial charge on any atom is 0.231 e. The van der Waals surface area contributed by atoms with Gasteiger partial charge in [0.05, 0.1) is 0 Å². The van der Waals surface area contributed by atoms with E-state index in [2.05, 4.69) is 6.92 Å². The van der Waals surface area contributed by atoms with E-state index in [1.54, 1.807) is 0 Å². The van der Waals surface area contributed by atoms with E-state index >= 15 is 0 Å². The Hall–Kier alpha value is -1.71. The van der Waals surface area contributed by atoms with Gasteiger partial charge in [0, 0.05) is 19.5 Å². The second-order valence-electron chi connectivity index (χ2n) is 4.70. The molecule has 0 fully saturated rings. The molecule has 0 N–H and O–H groups in total. The Morgan fingerprint density at radius 2 is 2.05 bits per heavy atom. The second-order valence-corrected chi connectivity index (χ2v) is 4.70. The van der Waals surface area contributed by atoms with Crippen LogP contribution in [-0.4, -0.2) is 24.1 Å². The third-order valence-corrected chi connectivity index (χ3v) is 3.29. The molecule has 0 aromatic heterocycles. The van der Waals surface area contributed by atoms with Crippen LogP contribution in [0.5, 0.6) is 11.5 Å². The molecule has 0 saturated heterocycles. The van der Waals surface area contributed by atoms with Gasteiger partial charge in [0.1, 0.15) is 0 Å². The van der Waals surface area contributed by atoms with Crippen LogP contribution in [0.25, 0.3) is 0 Å². The topological polar surface area (TPSA) is 38.8 Å². The maximum absolute atomic E-state index is 12.0. The van der Waals surface area contributed by atoms with Gasteiger partial charge in [0.2, 0.25) is 12.7 Å². The molecule has 1 aromatic carbocycles. The minimum atomic E-state index is 0.224. The summed E-state index contributed by atoms with van der Waals surface area (Å²) in [5, 5.41) is 0. The first-order valence-corrected chi connectivity index (χ1v) is 6.91. The summed E-state index contributed by atoms with van der Waals surface area (Å²) in [6.45, 7) is 5.76. The minimum Gasteiger partial charge on any atom is -0.454 e. The Labute approximate surface area is 114 Å². The highest BCUT2D eigenvalue weighted by Crippen LogP contribution is 2.32. The first-order valence-electron chi connectivity index (χ1n) is 6.91. The molecule has 104 valence electrons. The third-order valence-electron chi connectivity index (χ3n) is 3.29. The summed E-state index contributed by atoms with van der Waals surface area (Å²) < 4.78 is 10.6. The summed E-state index contributed by atoms with van der Waals surface area (Å²) >= 11 is 0. The SMILES string of the molecule is CCCCC(=O)N(CC)Cc1ccc2c(c1)OCO2. The lowest BCUT2D eigenvalue weighted by molar-refractivity contribution is -0.131. The standard InChI is InChI=1S/C15H21NO3/c1-3-5-6-15(17)16(4-2)10-12-7-8-13-14(9-12)19-11-18-13/h7-9H,3-6,10-11H2,1-2H3. The van der Waals surface area contributed by atoms with E-state index in [1.807, 2.05) is 30.0 Å². The molecule has 2 rings (SSSR count). The van der Waals surface area contributed by atoms with Crippen molar-refractivity contribution in [3.8, 4) is 11.5 Å². The number of unbranched alkanes of at least 4 members (excludes halogenated alkanes) is 1. The van der Waals surface area contributed by atoms with E-state index in [1.165, 1.54) is 0 Å². The quantitative estimate of drug-likeness (QED) is 0.792. The summed E-state index contributed by atoms with van der Waals surface area (Å²) in [7, 11) is 0. The predicted octanol–water partition coefficient (Wildman–Crippen LogP) is 2.95. The Morgan fingerprint density at radius 3 is 2.79 bits per heavy atom. The van der Waals surface area contributed by atoms with Gasteiger partial charge in [0.15, 0.2) is 11.5 Å². The fourth-order valence-corrected chi connectivity index (χ4v) is 2.12.